The molecule has 128 valence electrons. The van der Waals surface area contributed by atoms with Gasteiger partial charge in [0.2, 0.25) is 0 Å². The first kappa shape index (κ1) is 17.1. The second-order valence-corrected chi connectivity index (χ2v) is 6.66. The number of esters is 1. The molecule has 6 heteroatoms. The number of amides is 1. The fourth-order valence-corrected chi connectivity index (χ4v) is 3.35. The molecule has 0 aliphatic carbocycles. The number of pyridine rings is 1. The monoisotopic (exact) mass is 354 g/mol. The van der Waals surface area contributed by atoms with Crippen LogP contribution in [0.4, 0.5) is 0 Å². The van der Waals surface area contributed by atoms with Crippen LogP contribution in [-0.4, -0.2) is 23.4 Å². The Hall–Kier alpha value is -2.73. The molecule has 25 heavy (non-hydrogen) atoms. The zero-order chi connectivity index (χ0) is 17.6. The highest BCUT2D eigenvalue weighted by Crippen LogP contribution is 2.26. The van der Waals surface area contributed by atoms with Crippen LogP contribution in [0.3, 0.4) is 0 Å². The molecule has 0 aliphatic rings. The van der Waals surface area contributed by atoms with Crippen LogP contribution in [0.1, 0.15) is 27.2 Å². The normalized spacial score (nSPS) is 10.6. The molecule has 0 fully saturated rings. The molecule has 1 amide bonds. The van der Waals surface area contributed by atoms with Crippen LogP contribution in [0.5, 0.6) is 0 Å². The third-order valence-electron chi connectivity index (χ3n) is 3.69. The Morgan fingerprint density at radius 1 is 1.20 bits per heavy atom. The Labute approximate surface area is 149 Å². The number of carbonyl (C=O) groups is 2. The van der Waals surface area contributed by atoms with E-state index in [0.717, 1.165) is 21.3 Å². The van der Waals surface area contributed by atoms with Gasteiger partial charge in [-0.1, -0.05) is 30.3 Å². The largest absolute Gasteiger partial charge is 0.461 e. The summed E-state index contributed by atoms with van der Waals surface area (Å²) < 4.78 is 6.19. The van der Waals surface area contributed by atoms with Crippen LogP contribution in [0.25, 0.3) is 10.2 Å². The fraction of sp³-hybridized carbons (Fsp3) is 0.211. The van der Waals surface area contributed by atoms with Gasteiger partial charge in [-0.25, -0.2) is 0 Å². The van der Waals surface area contributed by atoms with Crippen molar-refractivity contribution in [2.45, 2.75) is 20.0 Å². The van der Waals surface area contributed by atoms with Gasteiger partial charge < -0.3 is 10.1 Å². The minimum absolute atomic E-state index is 0.140. The van der Waals surface area contributed by atoms with Crippen molar-refractivity contribution in [3.8, 4) is 0 Å². The molecule has 0 bridgehead atoms. The minimum atomic E-state index is -0.335. The molecule has 0 unspecified atom stereocenters. The van der Waals surface area contributed by atoms with Crippen LogP contribution in [0.2, 0.25) is 0 Å². The molecule has 3 rings (SSSR count). The predicted octanol–water partition coefficient (Wildman–Crippen LogP) is 3.47. The molecule has 1 aromatic carbocycles. The van der Waals surface area contributed by atoms with E-state index in [2.05, 4.69) is 10.3 Å². The van der Waals surface area contributed by atoms with E-state index in [4.69, 9.17) is 4.74 Å². The van der Waals surface area contributed by atoms with Gasteiger partial charge in [0.25, 0.3) is 5.91 Å². The summed E-state index contributed by atoms with van der Waals surface area (Å²) in [6.07, 6.45) is 1.87. The number of benzene rings is 1. The van der Waals surface area contributed by atoms with E-state index in [9.17, 15) is 9.59 Å². The lowest BCUT2D eigenvalue weighted by molar-refractivity contribution is -0.144. The van der Waals surface area contributed by atoms with Crippen LogP contribution >= 0.6 is 11.3 Å². The molecular formula is C19H18N2O3S. The maximum atomic E-state index is 12.2. The molecule has 0 aliphatic heterocycles. The number of ether oxygens (including phenoxy) is 1. The van der Waals surface area contributed by atoms with Gasteiger partial charge in [-0.3, -0.25) is 14.6 Å². The molecule has 5 nitrogen and oxygen atoms in total. The molecule has 2 aromatic heterocycles. The number of thiophene rings is 1. The minimum Gasteiger partial charge on any atom is -0.461 e. The molecule has 1 N–H and O–H groups in total. The number of hydrogen-bond donors (Lipinski definition) is 1. The van der Waals surface area contributed by atoms with Crippen LogP contribution in [-0.2, 0) is 16.1 Å². The van der Waals surface area contributed by atoms with Gasteiger partial charge in [0.15, 0.2) is 0 Å². The first-order chi connectivity index (χ1) is 12.1. The summed E-state index contributed by atoms with van der Waals surface area (Å²) in [5, 5.41) is 2.75. The zero-order valence-corrected chi connectivity index (χ0v) is 14.6. The number of aryl methyl sites for hydroxylation is 1. The quantitative estimate of drug-likeness (QED) is 0.688. The molecule has 3 aromatic rings. The number of nitrogens with zero attached hydrogens (tertiary/aromatic N) is 1. The summed E-state index contributed by atoms with van der Waals surface area (Å²) >= 11 is 1.41. The summed E-state index contributed by atoms with van der Waals surface area (Å²) in [6.45, 7) is 2.48. The molecular weight excluding hydrogens is 336 g/mol. The van der Waals surface area contributed by atoms with Gasteiger partial charge in [0.05, 0.1) is 21.5 Å². The second kappa shape index (κ2) is 7.90. The summed E-state index contributed by atoms with van der Waals surface area (Å²) in [7, 11) is 0. The number of carbonyl (C=O) groups excluding carboxylic acids is 2. The summed E-state index contributed by atoms with van der Waals surface area (Å²) in [5.41, 5.74) is 2.85. The Morgan fingerprint density at radius 2 is 2.00 bits per heavy atom. The van der Waals surface area contributed by atoms with Crippen molar-refractivity contribution in [3.63, 3.8) is 0 Å². The summed E-state index contributed by atoms with van der Waals surface area (Å²) in [5.74, 6) is -0.531. The molecule has 0 atom stereocenters. The lowest BCUT2D eigenvalue weighted by Gasteiger charge is -2.05. The first-order valence-electron chi connectivity index (χ1n) is 7.96. The third kappa shape index (κ3) is 4.42. The highest BCUT2D eigenvalue weighted by Gasteiger charge is 2.12. The van der Waals surface area contributed by atoms with E-state index in [-0.39, 0.29) is 31.4 Å². The maximum Gasteiger partial charge on any atom is 0.307 e. The van der Waals surface area contributed by atoms with E-state index in [0.29, 0.717) is 4.88 Å². The fourth-order valence-electron chi connectivity index (χ4n) is 2.35. The van der Waals surface area contributed by atoms with Gasteiger partial charge in [-0.05, 0) is 30.2 Å². The number of hydrogen-bond acceptors (Lipinski definition) is 5. The van der Waals surface area contributed by atoms with Crippen LogP contribution in [0, 0.1) is 6.92 Å². The SMILES string of the molecule is Cc1ccnc2cc(C(=O)NCCC(=O)OCc3ccccc3)sc12. The van der Waals surface area contributed by atoms with Crippen LogP contribution < -0.4 is 5.32 Å². The Kier molecular flexibility index (Phi) is 5.40. The summed E-state index contributed by atoms with van der Waals surface area (Å²) in [4.78, 5) is 28.8. The smallest absolute Gasteiger partial charge is 0.307 e. The Balaban J connectivity index is 1.47. The second-order valence-electron chi connectivity index (χ2n) is 5.61. The van der Waals surface area contributed by atoms with Gasteiger partial charge in [-0.15, -0.1) is 11.3 Å². The summed E-state index contributed by atoms with van der Waals surface area (Å²) in [6, 6.07) is 13.2. The van der Waals surface area contributed by atoms with Crippen molar-refractivity contribution in [2.24, 2.45) is 0 Å². The van der Waals surface area contributed by atoms with Gasteiger partial charge in [0, 0.05) is 12.7 Å². The average Bonchev–Trinajstić information content (AvgIpc) is 3.07. The standard InChI is InChI=1S/C19H18N2O3S/c1-13-7-9-20-15-11-16(25-18(13)15)19(23)21-10-8-17(22)24-12-14-5-3-2-4-6-14/h2-7,9,11H,8,10,12H2,1H3,(H,21,23). The topological polar surface area (TPSA) is 68.3 Å². The zero-order valence-electron chi connectivity index (χ0n) is 13.8. The van der Waals surface area contributed by atoms with Gasteiger partial charge in [0.1, 0.15) is 6.61 Å². The number of fused-ring (bicyclic) bond motifs is 1. The maximum absolute atomic E-state index is 12.2. The van der Waals surface area contributed by atoms with Crippen molar-refractivity contribution in [1.29, 1.82) is 0 Å². The molecule has 0 saturated carbocycles. The number of rotatable bonds is 6. The highest BCUT2D eigenvalue weighted by molar-refractivity contribution is 7.21. The lowest BCUT2D eigenvalue weighted by Crippen LogP contribution is -2.25. The molecule has 0 radical (unpaired) electrons. The van der Waals surface area contributed by atoms with Crippen molar-refractivity contribution in [2.75, 3.05) is 6.54 Å². The van der Waals surface area contributed by atoms with E-state index < -0.39 is 0 Å². The van der Waals surface area contributed by atoms with E-state index in [1.807, 2.05) is 43.3 Å². The predicted molar refractivity (Wildman–Crippen MR) is 97.5 cm³/mol. The average molecular weight is 354 g/mol. The van der Waals surface area contributed by atoms with Gasteiger partial charge >= 0.3 is 5.97 Å². The van der Waals surface area contributed by atoms with Crippen molar-refractivity contribution in [3.05, 3.63) is 64.7 Å². The molecule has 0 saturated heterocycles. The lowest BCUT2D eigenvalue weighted by atomic mass is 10.2. The molecule has 0 spiro atoms. The first-order valence-corrected chi connectivity index (χ1v) is 8.78. The number of aromatic nitrogens is 1. The number of nitrogens with one attached hydrogen (secondary N) is 1. The Bertz CT molecular complexity index is 890. The van der Waals surface area contributed by atoms with Gasteiger partial charge in [-0.2, -0.15) is 0 Å². The van der Waals surface area contributed by atoms with E-state index in [1.165, 1.54) is 11.3 Å². The van der Waals surface area contributed by atoms with Crippen molar-refractivity contribution < 1.29 is 14.3 Å². The van der Waals surface area contributed by atoms with E-state index >= 15 is 0 Å². The van der Waals surface area contributed by atoms with E-state index in [1.54, 1.807) is 12.3 Å². The Morgan fingerprint density at radius 3 is 2.76 bits per heavy atom. The van der Waals surface area contributed by atoms with Crippen molar-refractivity contribution >= 4 is 33.4 Å². The highest BCUT2D eigenvalue weighted by atomic mass is 32.1. The molecule has 2 heterocycles. The third-order valence-corrected chi connectivity index (χ3v) is 4.95. The van der Waals surface area contributed by atoms with Crippen LogP contribution in [0.15, 0.2) is 48.7 Å². The van der Waals surface area contributed by atoms with Crippen molar-refractivity contribution in [1.82, 2.24) is 10.3 Å².